The van der Waals surface area contributed by atoms with Crippen LogP contribution in [0.1, 0.15) is 24.1 Å². The third kappa shape index (κ3) is 5.05. The Labute approximate surface area is 245 Å². The number of rotatable bonds is 6. The number of nitrogens with zero attached hydrogens (tertiary/aromatic N) is 6. The first-order chi connectivity index (χ1) is 20.3. The smallest absolute Gasteiger partial charge is 0.244 e. The minimum Gasteiger partial charge on any atom is -0.392 e. The fourth-order valence-corrected chi connectivity index (χ4v) is 8.35. The first-order valence-electron chi connectivity index (χ1n) is 14.5. The lowest BCUT2D eigenvalue weighted by molar-refractivity contribution is 0.122. The van der Waals surface area contributed by atoms with Gasteiger partial charge in [0.15, 0.2) is 0 Å². The lowest BCUT2D eigenvalue weighted by Crippen LogP contribution is -2.53. The summed E-state index contributed by atoms with van der Waals surface area (Å²) in [6.07, 6.45) is 7.03. The highest BCUT2D eigenvalue weighted by Crippen LogP contribution is 2.46. The molecule has 0 radical (unpaired) electrons. The summed E-state index contributed by atoms with van der Waals surface area (Å²) in [6, 6.07) is 9.71. The lowest BCUT2D eigenvalue weighted by Gasteiger charge is -2.47. The zero-order valence-corrected chi connectivity index (χ0v) is 24.2. The summed E-state index contributed by atoms with van der Waals surface area (Å²) in [5.41, 5.74) is 3.48. The summed E-state index contributed by atoms with van der Waals surface area (Å²) in [4.78, 5) is 9.05. The van der Waals surface area contributed by atoms with Crippen LogP contribution in [0.2, 0.25) is 0 Å². The number of hydrogen-bond donors (Lipinski definition) is 1. The highest BCUT2D eigenvalue weighted by atomic mass is 32.2. The number of aromatic nitrogens is 3. The van der Waals surface area contributed by atoms with Gasteiger partial charge in [-0.05, 0) is 67.3 Å². The van der Waals surface area contributed by atoms with Crippen LogP contribution in [-0.2, 0) is 21.2 Å². The van der Waals surface area contributed by atoms with Crippen molar-refractivity contribution in [1.82, 2.24) is 24.0 Å². The summed E-state index contributed by atoms with van der Waals surface area (Å²) in [5, 5.41) is 14.9. The molecule has 4 aliphatic rings. The van der Waals surface area contributed by atoms with Gasteiger partial charge in [-0.15, -0.1) is 0 Å². The van der Waals surface area contributed by atoms with Gasteiger partial charge in [0.2, 0.25) is 10.0 Å². The van der Waals surface area contributed by atoms with E-state index in [4.69, 9.17) is 4.74 Å². The SMILES string of the molecule is O=S(=O)(c1ccc(N2CCOCC2)nc1)N1CCC2=Cc3c(cnn3-c3ccc(F)cc3)C[C@]2(CN2CC[C@@H](O)C2)C1. The molecule has 3 aliphatic heterocycles. The molecule has 42 heavy (non-hydrogen) atoms. The maximum Gasteiger partial charge on any atom is 0.244 e. The number of aliphatic hydroxyl groups is 1. The summed E-state index contributed by atoms with van der Waals surface area (Å²) in [6.45, 7) is 5.43. The molecule has 222 valence electrons. The van der Waals surface area contributed by atoms with Crippen molar-refractivity contribution >= 4 is 21.9 Å². The molecule has 0 saturated carbocycles. The van der Waals surface area contributed by atoms with Gasteiger partial charge < -0.3 is 14.7 Å². The number of aliphatic hydroxyl groups excluding tert-OH is 1. The molecule has 3 aromatic rings. The number of anilines is 1. The predicted molar refractivity (Wildman–Crippen MR) is 155 cm³/mol. The summed E-state index contributed by atoms with van der Waals surface area (Å²) >= 11 is 0. The van der Waals surface area contributed by atoms with Gasteiger partial charge in [-0.25, -0.2) is 22.5 Å². The second kappa shape index (κ2) is 10.8. The summed E-state index contributed by atoms with van der Waals surface area (Å²) in [5.74, 6) is 0.451. The highest BCUT2D eigenvalue weighted by Gasteiger charge is 2.47. The number of morpholine rings is 1. The minimum atomic E-state index is -3.79. The molecule has 3 saturated heterocycles. The molecule has 0 bridgehead atoms. The number of piperidine rings is 1. The van der Waals surface area contributed by atoms with E-state index in [1.54, 1.807) is 28.6 Å². The Morgan fingerprint density at radius 2 is 1.86 bits per heavy atom. The van der Waals surface area contributed by atoms with E-state index in [1.165, 1.54) is 23.9 Å². The molecule has 0 unspecified atom stereocenters. The molecule has 1 aliphatic carbocycles. The average Bonchev–Trinajstić information content (AvgIpc) is 3.61. The van der Waals surface area contributed by atoms with Crippen LogP contribution in [-0.4, -0.2) is 103 Å². The van der Waals surface area contributed by atoms with Gasteiger partial charge in [0.1, 0.15) is 16.5 Å². The van der Waals surface area contributed by atoms with Gasteiger partial charge in [-0.3, -0.25) is 4.90 Å². The minimum absolute atomic E-state index is 0.194. The van der Waals surface area contributed by atoms with Crippen LogP contribution < -0.4 is 4.90 Å². The number of pyridine rings is 1. The highest BCUT2D eigenvalue weighted by molar-refractivity contribution is 7.89. The molecule has 10 nitrogen and oxygen atoms in total. The van der Waals surface area contributed by atoms with Crippen LogP contribution in [0, 0.1) is 11.2 Å². The number of likely N-dealkylation sites (tertiary alicyclic amines) is 1. The Bertz CT molecular complexity index is 1590. The van der Waals surface area contributed by atoms with E-state index in [9.17, 15) is 17.9 Å². The molecule has 1 N–H and O–H groups in total. The van der Waals surface area contributed by atoms with Gasteiger partial charge in [-0.2, -0.15) is 9.40 Å². The summed E-state index contributed by atoms with van der Waals surface area (Å²) in [7, 11) is -3.79. The zero-order chi connectivity index (χ0) is 28.9. The normalized spacial score (nSPS) is 25.2. The number of β-amino-alcohol motifs (C(OH)–C–C–N with tert-alkyl or cyclic N) is 1. The quantitative estimate of drug-likeness (QED) is 0.464. The second-order valence-corrected chi connectivity index (χ2v) is 13.7. The van der Waals surface area contributed by atoms with Crippen molar-refractivity contribution in [3.8, 4) is 5.69 Å². The predicted octanol–water partition coefficient (Wildman–Crippen LogP) is 2.33. The van der Waals surface area contributed by atoms with E-state index in [-0.39, 0.29) is 16.8 Å². The third-order valence-corrected chi connectivity index (χ3v) is 10.9. The van der Waals surface area contributed by atoms with Crippen molar-refractivity contribution in [3.05, 3.63) is 71.4 Å². The second-order valence-electron chi connectivity index (χ2n) is 11.8. The Balaban J connectivity index is 1.19. The number of ether oxygens (including phenoxy) is 1. The molecule has 0 amide bonds. The van der Waals surface area contributed by atoms with Crippen molar-refractivity contribution in [3.63, 3.8) is 0 Å². The number of halogens is 1. The first-order valence-corrected chi connectivity index (χ1v) is 16.0. The van der Waals surface area contributed by atoms with Gasteiger partial charge >= 0.3 is 0 Å². The van der Waals surface area contributed by atoms with Crippen molar-refractivity contribution < 1.29 is 22.7 Å². The van der Waals surface area contributed by atoms with Crippen LogP contribution in [0.4, 0.5) is 10.2 Å². The number of benzene rings is 1. The number of sulfonamides is 1. The average molecular weight is 595 g/mol. The number of fused-ring (bicyclic) bond motifs is 2. The Kier molecular flexibility index (Phi) is 7.14. The van der Waals surface area contributed by atoms with E-state index in [0.717, 1.165) is 42.4 Å². The van der Waals surface area contributed by atoms with E-state index in [0.29, 0.717) is 58.7 Å². The van der Waals surface area contributed by atoms with Crippen LogP contribution in [0.5, 0.6) is 0 Å². The van der Waals surface area contributed by atoms with E-state index in [2.05, 4.69) is 26.0 Å². The van der Waals surface area contributed by atoms with E-state index >= 15 is 0 Å². The first kappa shape index (κ1) is 27.7. The standard InChI is InChI=1S/C30H35FN6O4S/c31-24-1-3-25(4-2-24)37-28-15-23-7-10-36(21-30(23,16-22(28)17-33-37)20-34-9-8-26(38)19-34)42(39,40)27-5-6-29(32-18-27)35-11-13-41-14-12-35/h1-6,15,17-18,26,38H,7-14,16,19-21H2/t26-,30+/m1/s1. The fraction of sp³-hybridized carbons (Fsp3) is 0.467. The molecular formula is C30H35FN6O4S. The van der Waals surface area contributed by atoms with Crippen LogP contribution in [0.25, 0.3) is 11.8 Å². The molecule has 2 atom stereocenters. The van der Waals surface area contributed by atoms with Gasteiger partial charge in [0.25, 0.3) is 0 Å². The van der Waals surface area contributed by atoms with Crippen molar-refractivity contribution in [2.24, 2.45) is 5.41 Å². The molecule has 1 aromatic carbocycles. The molecule has 7 rings (SSSR count). The fourth-order valence-electron chi connectivity index (χ4n) is 6.87. The van der Waals surface area contributed by atoms with Crippen molar-refractivity contribution in [2.75, 3.05) is 63.9 Å². The van der Waals surface area contributed by atoms with E-state index < -0.39 is 15.4 Å². The van der Waals surface area contributed by atoms with Crippen molar-refractivity contribution in [2.45, 2.75) is 30.3 Å². The maximum absolute atomic E-state index is 14.0. The topological polar surface area (TPSA) is 104 Å². The molecular weight excluding hydrogens is 559 g/mol. The van der Waals surface area contributed by atoms with Gasteiger partial charge in [0.05, 0.1) is 36.9 Å². The Morgan fingerprint density at radius 3 is 2.57 bits per heavy atom. The summed E-state index contributed by atoms with van der Waals surface area (Å²) < 4.78 is 50.4. The zero-order valence-electron chi connectivity index (χ0n) is 23.4. The Hall–Kier alpha value is -3.16. The van der Waals surface area contributed by atoms with Gasteiger partial charge in [0, 0.05) is 57.4 Å². The van der Waals surface area contributed by atoms with E-state index in [1.807, 2.05) is 10.9 Å². The Morgan fingerprint density at radius 1 is 1.05 bits per heavy atom. The van der Waals surface area contributed by atoms with Crippen LogP contribution in [0.3, 0.4) is 0 Å². The maximum atomic E-state index is 14.0. The van der Waals surface area contributed by atoms with Gasteiger partial charge in [-0.1, -0.05) is 5.57 Å². The molecule has 5 heterocycles. The monoisotopic (exact) mass is 594 g/mol. The third-order valence-electron chi connectivity index (χ3n) is 9.06. The molecule has 12 heteroatoms. The van der Waals surface area contributed by atoms with Crippen LogP contribution >= 0.6 is 0 Å². The largest absolute Gasteiger partial charge is 0.392 e. The lowest BCUT2D eigenvalue weighted by atomic mass is 9.68. The molecule has 0 spiro atoms. The van der Waals surface area contributed by atoms with Crippen molar-refractivity contribution in [1.29, 1.82) is 0 Å². The molecule has 2 aromatic heterocycles. The van der Waals surface area contributed by atoms with Crippen LogP contribution in [0.15, 0.2) is 59.3 Å². The number of hydrogen-bond acceptors (Lipinski definition) is 8. The molecule has 3 fully saturated rings.